The summed E-state index contributed by atoms with van der Waals surface area (Å²) in [4.78, 5) is 32.9. The minimum Gasteiger partial charge on any atom is -0.324 e. The maximum absolute atomic E-state index is 12.7. The molecule has 1 saturated heterocycles. The number of carbonyl (C=O) groups excluding carboxylic acids is 2. The van der Waals surface area contributed by atoms with E-state index in [2.05, 4.69) is 10.3 Å². The van der Waals surface area contributed by atoms with Crippen LogP contribution in [0.25, 0.3) is 0 Å². The van der Waals surface area contributed by atoms with Crippen molar-refractivity contribution in [3.8, 4) is 0 Å². The lowest BCUT2D eigenvalue weighted by molar-refractivity contribution is -0.122. The van der Waals surface area contributed by atoms with Crippen LogP contribution in [0.4, 0.5) is 16.3 Å². The normalized spacial score (nSPS) is 22.2. The van der Waals surface area contributed by atoms with Gasteiger partial charge in [0.1, 0.15) is 5.82 Å². The van der Waals surface area contributed by atoms with Crippen LogP contribution in [0.5, 0.6) is 0 Å². The molecule has 25 heavy (non-hydrogen) atoms. The van der Waals surface area contributed by atoms with Gasteiger partial charge in [-0.05, 0) is 37.8 Å². The van der Waals surface area contributed by atoms with Gasteiger partial charge in [0.2, 0.25) is 5.91 Å². The Morgan fingerprint density at radius 2 is 1.84 bits per heavy atom. The van der Waals surface area contributed by atoms with Gasteiger partial charge in [-0.3, -0.25) is 9.69 Å². The van der Waals surface area contributed by atoms with E-state index in [-0.39, 0.29) is 17.9 Å². The van der Waals surface area contributed by atoms with Crippen LogP contribution in [-0.2, 0) is 4.79 Å². The molecule has 0 spiro atoms. The van der Waals surface area contributed by atoms with Crippen LogP contribution in [0.15, 0.2) is 18.3 Å². The van der Waals surface area contributed by atoms with Gasteiger partial charge in [0.15, 0.2) is 0 Å². The molecule has 0 radical (unpaired) electrons. The highest BCUT2D eigenvalue weighted by molar-refractivity contribution is 5.95. The van der Waals surface area contributed by atoms with Gasteiger partial charge in [0.05, 0.1) is 11.9 Å². The molecule has 6 heteroatoms. The summed E-state index contributed by atoms with van der Waals surface area (Å²) in [5.74, 6) is 0.912. The van der Waals surface area contributed by atoms with E-state index in [9.17, 15) is 9.59 Å². The van der Waals surface area contributed by atoms with Gasteiger partial charge < -0.3 is 10.2 Å². The van der Waals surface area contributed by atoms with Crippen molar-refractivity contribution in [1.82, 2.24) is 9.88 Å². The highest BCUT2D eigenvalue weighted by Gasteiger charge is 2.35. The molecule has 1 aliphatic heterocycles. The summed E-state index contributed by atoms with van der Waals surface area (Å²) >= 11 is 0. The maximum atomic E-state index is 12.7. The Hall–Kier alpha value is -2.11. The number of hydrogen-bond donors (Lipinski definition) is 1. The van der Waals surface area contributed by atoms with Crippen molar-refractivity contribution < 1.29 is 9.59 Å². The molecule has 0 unspecified atom stereocenters. The van der Waals surface area contributed by atoms with Gasteiger partial charge in [-0.1, -0.05) is 25.7 Å². The topological polar surface area (TPSA) is 65.5 Å². The molecule has 3 amide bonds. The minimum absolute atomic E-state index is 0.0747. The predicted molar refractivity (Wildman–Crippen MR) is 96.5 cm³/mol. The summed E-state index contributed by atoms with van der Waals surface area (Å²) in [7, 11) is 0. The van der Waals surface area contributed by atoms with E-state index < -0.39 is 0 Å². The number of hydrogen-bond acceptors (Lipinski definition) is 3. The average molecular weight is 342 g/mol. The number of nitrogens with one attached hydrogen (secondary N) is 1. The van der Waals surface area contributed by atoms with Crippen molar-refractivity contribution in [1.29, 1.82) is 0 Å². The van der Waals surface area contributed by atoms with Crippen LogP contribution in [-0.4, -0.2) is 41.0 Å². The van der Waals surface area contributed by atoms with Crippen LogP contribution in [0.2, 0.25) is 0 Å². The van der Waals surface area contributed by atoms with E-state index in [0.29, 0.717) is 24.1 Å². The van der Waals surface area contributed by atoms with Gasteiger partial charge in [0.25, 0.3) is 0 Å². The average Bonchev–Trinajstić information content (AvgIpc) is 2.96. The highest BCUT2D eigenvalue weighted by atomic mass is 16.2. The highest BCUT2D eigenvalue weighted by Crippen LogP contribution is 2.29. The molecule has 134 valence electrons. The zero-order valence-corrected chi connectivity index (χ0v) is 14.6. The molecule has 2 saturated carbocycles. The number of pyridine rings is 1. The van der Waals surface area contributed by atoms with Crippen molar-refractivity contribution in [3.05, 3.63) is 18.3 Å². The van der Waals surface area contributed by atoms with Crippen LogP contribution in [0, 0.1) is 5.92 Å². The second-order valence-corrected chi connectivity index (χ2v) is 7.44. The first-order chi connectivity index (χ1) is 12.2. The maximum Gasteiger partial charge on any atom is 0.326 e. The first-order valence-electron chi connectivity index (χ1n) is 9.57. The molecule has 1 N–H and O–H groups in total. The molecule has 6 nitrogen and oxygen atoms in total. The van der Waals surface area contributed by atoms with Gasteiger partial charge in [-0.15, -0.1) is 0 Å². The Balaban J connectivity index is 1.38. The summed E-state index contributed by atoms with van der Waals surface area (Å²) in [5.41, 5.74) is 0.705. The molecule has 2 aliphatic carbocycles. The molecule has 0 atom stereocenters. The number of rotatable bonds is 4. The van der Waals surface area contributed by atoms with Gasteiger partial charge in [-0.25, -0.2) is 9.78 Å². The number of anilines is 2. The van der Waals surface area contributed by atoms with Crippen LogP contribution in [0.1, 0.15) is 51.4 Å². The molecule has 1 aromatic rings. The first-order valence-corrected chi connectivity index (χ1v) is 9.57. The Morgan fingerprint density at radius 3 is 2.48 bits per heavy atom. The Bertz CT molecular complexity index is 635. The third kappa shape index (κ3) is 3.34. The fourth-order valence-electron chi connectivity index (χ4n) is 4.03. The standard InChI is InChI=1S/C19H26N4O2/c24-18(14-5-4-6-14)21-15-9-10-17(20-13-15)23-12-11-22(19(23)25)16-7-2-1-3-8-16/h9-10,13-14,16H,1-8,11-12H2,(H,21,24). The fraction of sp³-hybridized carbons (Fsp3) is 0.632. The molecular formula is C19H26N4O2. The Morgan fingerprint density at radius 1 is 1.04 bits per heavy atom. The quantitative estimate of drug-likeness (QED) is 0.912. The monoisotopic (exact) mass is 342 g/mol. The number of amides is 3. The van der Waals surface area contributed by atoms with Gasteiger partial charge in [-0.2, -0.15) is 0 Å². The summed E-state index contributed by atoms with van der Waals surface area (Å²) in [6.45, 7) is 1.47. The van der Waals surface area contributed by atoms with E-state index >= 15 is 0 Å². The van der Waals surface area contributed by atoms with Gasteiger partial charge in [0, 0.05) is 25.0 Å². The zero-order chi connectivity index (χ0) is 17.2. The van der Waals surface area contributed by atoms with Crippen molar-refractivity contribution in [2.24, 2.45) is 5.92 Å². The number of nitrogens with zero attached hydrogens (tertiary/aromatic N) is 3. The smallest absolute Gasteiger partial charge is 0.324 e. The molecule has 3 fully saturated rings. The van der Waals surface area contributed by atoms with E-state index in [1.165, 1.54) is 19.3 Å². The minimum atomic E-state index is 0.0747. The summed E-state index contributed by atoms with van der Waals surface area (Å²) in [6, 6.07) is 4.15. The zero-order valence-electron chi connectivity index (χ0n) is 14.6. The SMILES string of the molecule is O=C(Nc1ccc(N2CCN(C3CCCCC3)C2=O)nc1)C1CCC1. The Kier molecular flexibility index (Phi) is 4.59. The van der Waals surface area contributed by atoms with Crippen LogP contribution in [0.3, 0.4) is 0 Å². The molecule has 0 aromatic carbocycles. The molecule has 1 aromatic heterocycles. The van der Waals surface area contributed by atoms with Crippen molar-refractivity contribution >= 4 is 23.4 Å². The van der Waals surface area contributed by atoms with E-state index in [4.69, 9.17) is 0 Å². The van der Waals surface area contributed by atoms with E-state index in [0.717, 1.165) is 38.6 Å². The van der Waals surface area contributed by atoms with Crippen molar-refractivity contribution in [2.75, 3.05) is 23.3 Å². The number of urea groups is 1. The summed E-state index contributed by atoms with van der Waals surface area (Å²) < 4.78 is 0. The second kappa shape index (κ2) is 7.02. The van der Waals surface area contributed by atoms with Crippen molar-refractivity contribution in [2.45, 2.75) is 57.4 Å². The van der Waals surface area contributed by atoms with Gasteiger partial charge >= 0.3 is 6.03 Å². The Labute approximate surface area is 148 Å². The molecule has 4 rings (SSSR count). The predicted octanol–water partition coefficient (Wildman–Crippen LogP) is 3.39. The lowest BCUT2D eigenvalue weighted by Crippen LogP contribution is -2.40. The van der Waals surface area contributed by atoms with E-state index in [1.54, 1.807) is 11.1 Å². The molecular weight excluding hydrogens is 316 g/mol. The summed E-state index contributed by atoms with van der Waals surface area (Å²) in [5, 5.41) is 2.92. The van der Waals surface area contributed by atoms with Crippen LogP contribution < -0.4 is 10.2 Å². The second-order valence-electron chi connectivity index (χ2n) is 7.44. The lowest BCUT2D eigenvalue weighted by Gasteiger charge is -2.30. The fourth-order valence-corrected chi connectivity index (χ4v) is 4.03. The summed E-state index contributed by atoms with van der Waals surface area (Å²) in [6.07, 6.45) is 10.7. The molecule has 3 aliphatic rings. The van der Waals surface area contributed by atoms with Crippen molar-refractivity contribution in [3.63, 3.8) is 0 Å². The number of aromatic nitrogens is 1. The first kappa shape index (κ1) is 16.4. The third-order valence-corrected chi connectivity index (χ3v) is 5.82. The molecule has 0 bridgehead atoms. The third-order valence-electron chi connectivity index (χ3n) is 5.82. The lowest BCUT2D eigenvalue weighted by atomic mass is 9.85. The molecule has 2 heterocycles. The van der Waals surface area contributed by atoms with Crippen LogP contribution >= 0.6 is 0 Å². The number of carbonyl (C=O) groups is 2. The largest absolute Gasteiger partial charge is 0.326 e. The van der Waals surface area contributed by atoms with E-state index in [1.807, 2.05) is 17.0 Å².